The van der Waals surface area contributed by atoms with Gasteiger partial charge >= 0.3 is 0 Å². The minimum absolute atomic E-state index is 0.503. The van der Waals surface area contributed by atoms with E-state index in [9.17, 15) is 0 Å². The molecule has 3 aromatic rings. The van der Waals surface area contributed by atoms with Crippen molar-refractivity contribution in [2.24, 2.45) is 5.73 Å². The molecule has 0 fully saturated rings. The summed E-state index contributed by atoms with van der Waals surface area (Å²) in [5.41, 5.74) is 9.39. The van der Waals surface area contributed by atoms with Gasteiger partial charge in [-0.25, -0.2) is 0 Å². The second kappa shape index (κ2) is 8.04. The Morgan fingerprint density at radius 3 is 2.36 bits per heavy atom. The quantitative estimate of drug-likeness (QED) is 0.650. The van der Waals surface area contributed by atoms with Crippen molar-refractivity contribution in [3.8, 4) is 11.5 Å². The highest BCUT2D eigenvalue weighted by Gasteiger charge is 2.08. The smallest absolute Gasteiger partial charge is 0.123 e. The Bertz CT molecular complexity index is 858. The van der Waals surface area contributed by atoms with E-state index in [1.54, 1.807) is 0 Å². The fourth-order valence-corrected chi connectivity index (χ4v) is 3.04. The van der Waals surface area contributed by atoms with Crippen molar-refractivity contribution in [3.63, 3.8) is 0 Å². The minimum Gasteiger partial charge on any atom is -0.490 e. The zero-order valence-corrected chi connectivity index (χ0v) is 14.9. The topological polar surface area (TPSA) is 44.5 Å². The van der Waals surface area contributed by atoms with Crippen molar-refractivity contribution in [3.05, 3.63) is 71.3 Å². The molecule has 0 unspecified atom stereocenters. The number of nitrogens with two attached hydrogens (primary N) is 1. The number of fused-ring (bicyclic) bond motifs is 1. The highest BCUT2D eigenvalue weighted by molar-refractivity contribution is 5.87. The summed E-state index contributed by atoms with van der Waals surface area (Å²) < 4.78 is 11.9. The summed E-state index contributed by atoms with van der Waals surface area (Å²) in [7, 11) is 0. The summed E-state index contributed by atoms with van der Waals surface area (Å²) in [5.74, 6) is 1.82. The maximum atomic E-state index is 6.01. The van der Waals surface area contributed by atoms with Crippen LogP contribution in [0.3, 0.4) is 0 Å². The summed E-state index contributed by atoms with van der Waals surface area (Å²) in [6, 6.07) is 18.6. The summed E-state index contributed by atoms with van der Waals surface area (Å²) >= 11 is 0. The summed E-state index contributed by atoms with van der Waals surface area (Å²) in [6.45, 7) is 5.78. The predicted octanol–water partition coefficient (Wildman–Crippen LogP) is 4.42. The summed E-state index contributed by atoms with van der Waals surface area (Å²) in [5, 5.41) is 2.42. The fraction of sp³-hybridized carbons (Fsp3) is 0.273. The molecular weight excluding hydrogens is 310 g/mol. The molecule has 0 aliphatic heterocycles. The zero-order valence-electron chi connectivity index (χ0n) is 14.9. The maximum Gasteiger partial charge on any atom is 0.123 e. The molecule has 0 saturated carbocycles. The Morgan fingerprint density at radius 2 is 1.56 bits per heavy atom. The average Bonchev–Trinajstić information content (AvgIpc) is 2.63. The molecule has 0 saturated heterocycles. The first-order valence-electron chi connectivity index (χ1n) is 8.73. The average molecular weight is 335 g/mol. The highest BCUT2D eigenvalue weighted by Crippen LogP contribution is 2.28. The van der Waals surface area contributed by atoms with Crippen LogP contribution in [0.4, 0.5) is 0 Å². The molecule has 2 N–H and O–H groups in total. The third-order valence-electron chi connectivity index (χ3n) is 4.55. The van der Waals surface area contributed by atoms with Crippen LogP contribution in [0.1, 0.15) is 16.7 Å². The number of rotatable bonds is 7. The van der Waals surface area contributed by atoms with Gasteiger partial charge in [-0.15, -0.1) is 0 Å². The lowest BCUT2D eigenvalue weighted by molar-refractivity contribution is 0.215. The van der Waals surface area contributed by atoms with Gasteiger partial charge in [-0.3, -0.25) is 0 Å². The molecule has 0 spiro atoms. The molecule has 25 heavy (non-hydrogen) atoms. The van der Waals surface area contributed by atoms with Gasteiger partial charge in [0.15, 0.2) is 0 Å². The van der Waals surface area contributed by atoms with Gasteiger partial charge in [-0.2, -0.15) is 0 Å². The standard InChI is InChI=1S/C22H25NO2/c1-16-6-5-9-21(17(16)2)24-14-15-25-22-11-10-18-7-3-4-8-19(18)20(22)12-13-23/h3-11H,12-15,23H2,1-2H3. The molecule has 0 heterocycles. The van der Waals surface area contributed by atoms with Crippen LogP contribution in [0, 0.1) is 13.8 Å². The molecule has 0 amide bonds. The first-order valence-corrected chi connectivity index (χ1v) is 8.73. The third-order valence-corrected chi connectivity index (χ3v) is 4.55. The van der Waals surface area contributed by atoms with E-state index in [0.717, 1.165) is 17.9 Å². The van der Waals surface area contributed by atoms with Gasteiger partial charge in [0.05, 0.1) is 0 Å². The molecule has 0 atom stereocenters. The number of hydrogen-bond donors (Lipinski definition) is 1. The van der Waals surface area contributed by atoms with Crippen molar-refractivity contribution < 1.29 is 9.47 Å². The van der Waals surface area contributed by atoms with E-state index in [0.29, 0.717) is 19.8 Å². The fourth-order valence-electron chi connectivity index (χ4n) is 3.04. The van der Waals surface area contributed by atoms with Crippen molar-refractivity contribution in [1.82, 2.24) is 0 Å². The first kappa shape index (κ1) is 17.3. The van der Waals surface area contributed by atoms with Crippen LogP contribution in [-0.4, -0.2) is 19.8 Å². The van der Waals surface area contributed by atoms with Gasteiger partial charge in [0.25, 0.3) is 0 Å². The van der Waals surface area contributed by atoms with Gasteiger partial charge < -0.3 is 15.2 Å². The molecule has 3 rings (SSSR count). The normalized spacial score (nSPS) is 10.8. The molecule has 0 aromatic heterocycles. The number of ether oxygens (including phenoxy) is 2. The Labute approximate surface area is 149 Å². The van der Waals surface area contributed by atoms with Crippen LogP contribution in [0.2, 0.25) is 0 Å². The largest absolute Gasteiger partial charge is 0.490 e. The lowest BCUT2D eigenvalue weighted by Gasteiger charge is -2.15. The molecule has 130 valence electrons. The van der Waals surface area contributed by atoms with Crippen LogP contribution in [0.25, 0.3) is 10.8 Å². The Hall–Kier alpha value is -2.52. The van der Waals surface area contributed by atoms with Crippen LogP contribution in [-0.2, 0) is 6.42 Å². The van der Waals surface area contributed by atoms with Crippen LogP contribution in [0.5, 0.6) is 11.5 Å². The zero-order chi connectivity index (χ0) is 17.6. The Kier molecular flexibility index (Phi) is 5.56. The minimum atomic E-state index is 0.503. The highest BCUT2D eigenvalue weighted by atomic mass is 16.5. The third kappa shape index (κ3) is 3.94. The molecule has 0 aliphatic rings. The van der Waals surface area contributed by atoms with Gasteiger partial charge in [0.2, 0.25) is 0 Å². The number of hydrogen-bond acceptors (Lipinski definition) is 3. The van der Waals surface area contributed by atoms with E-state index < -0.39 is 0 Å². The molecule has 3 nitrogen and oxygen atoms in total. The lowest BCUT2D eigenvalue weighted by Crippen LogP contribution is -2.12. The second-order valence-electron chi connectivity index (χ2n) is 6.20. The molecule has 0 radical (unpaired) electrons. The van der Waals surface area contributed by atoms with E-state index in [2.05, 4.69) is 44.2 Å². The molecule has 0 bridgehead atoms. The summed E-state index contributed by atoms with van der Waals surface area (Å²) in [6.07, 6.45) is 0.800. The SMILES string of the molecule is Cc1cccc(OCCOc2ccc3ccccc3c2CCN)c1C. The van der Waals surface area contributed by atoms with E-state index in [1.165, 1.54) is 27.5 Å². The molecule has 3 aromatic carbocycles. The Balaban J connectivity index is 1.68. The molecule has 3 heteroatoms. The predicted molar refractivity (Wildman–Crippen MR) is 104 cm³/mol. The molecular formula is C22H25NO2. The van der Waals surface area contributed by atoms with Gasteiger partial charge in [-0.1, -0.05) is 42.5 Å². The summed E-state index contributed by atoms with van der Waals surface area (Å²) in [4.78, 5) is 0. The van der Waals surface area contributed by atoms with Gasteiger partial charge in [0.1, 0.15) is 24.7 Å². The van der Waals surface area contributed by atoms with E-state index in [-0.39, 0.29) is 0 Å². The van der Waals surface area contributed by atoms with E-state index in [1.807, 2.05) is 24.3 Å². The van der Waals surface area contributed by atoms with Crippen molar-refractivity contribution in [2.45, 2.75) is 20.3 Å². The van der Waals surface area contributed by atoms with Crippen molar-refractivity contribution in [1.29, 1.82) is 0 Å². The second-order valence-corrected chi connectivity index (χ2v) is 6.20. The van der Waals surface area contributed by atoms with Gasteiger partial charge in [0, 0.05) is 5.56 Å². The van der Waals surface area contributed by atoms with Crippen molar-refractivity contribution in [2.75, 3.05) is 19.8 Å². The van der Waals surface area contributed by atoms with Crippen LogP contribution < -0.4 is 15.2 Å². The van der Waals surface area contributed by atoms with Gasteiger partial charge in [-0.05, 0) is 60.8 Å². The number of benzene rings is 3. The molecule has 0 aliphatic carbocycles. The van der Waals surface area contributed by atoms with Crippen molar-refractivity contribution >= 4 is 10.8 Å². The van der Waals surface area contributed by atoms with E-state index >= 15 is 0 Å². The monoisotopic (exact) mass is 335 g/mol. The van der Waals surface area contributed by atoms with E-state index in [4.69, 9.17) is 15.2 Å². The Morgan fingerprint density at radius 1 is 0.800 bits per heavy atom. The van der Waals surface area contributed by atoms with Crippen LogP contribution in [0.15, 0.2) is 54.6 Å². The maximum absolute atomic E-state index is 6.01. The lowest BCUT2D eigenvalue weighted by atomic mass is 10.0. The first-order chi connectivity index (χ1) is 12.2. The van der Waals surface area contributed by atoms with Crippen LogP contribution >= 0.6 is 0 Å². The number of aryl methyl sites for hydroxylation is 1.